The van der Waals surface area contributed by atoms with Crippen molar-refractivity contribution in [3.05, 3.63) is 60.2 Å². The number of carbonyl (C=O) groups is 3. The molecular weight excluding hydrogens is 390 g/mol. The second-order valence-electron chi connectivity index (χ2n) is 6.83. The number of benzene rings is 2. The van der Waals surface area contributed by atoms with Gasteiger partial charge in [-0.3, -0.25) is 14.5 Å². The van der Waals surface area contributed by atoms with E-state index in [0.29, 0.717) is 36.6 Å². The highest BCUT2D eigenvalue weighted by Crippen LogP contribution is 2.40. The maximum Gasteiger partial charge on any atom is 0.325 e. The van der Waals surface area contributed by atoms with Gasteiger partial charge in [-0.15, -0.1) is 11.8 Å². The van der Waals surface area contributed by atoms with E-state index in [1.165, 1.54) is 0 Å². The molecule has 2 aliphatic rings. The van der Waals surface area contributed by atoms with E-state index >= 15 is 0 Å². The second kappa shape index (κ2) is 8.16. The number of carbonyl (C=O) groups excluding carboxylic acids is 3. The van der Waals surface area contributed by atoms with Crippen LogP contribution in [0, 0.1) is 0 Å². The molecule has 0 unspecified atom stereocenters. The molecule has 1 saturated heterocycles. The Morgan fingerprint density at radius 2 is 1.90 bits per heavy atom. The predicted octanol–water partition coefficient (Wildman–Crippen LogP) is 2.12. The van der Waals surface area contributed by atoms with Gasteiger partial charge in [-0.25, -0.2) is 4.79 Å². The number of imide groups is 1. The van der Waals surface area contributed by atoms with Crippen molar-refractivity contribution in [3.8, 4) is 5.75 Å². The van der Waals surface area contributed by atoms with Gasteiger partial charge in [0.1, 0.15) is 12.3 Å². The molecule has 8 heteroatoms. The molecule has 1 fully saturated rings. The third-order valence-corrected chi connectivity index (χ3v) is 6.01. The van der Waals surface area contributed by atoms with E-state index in [2.05, 4.69) is 10.6 Å². The lowest BCUT2D eigenvalue weighted by atomic mass is 9.84. The average molecular weight is 411 g/mol. The molecule has 2 aromatic rings. The zero-order chi connectivity index (χ0) is 20.3. The van der Waals surface area contributed by atoms with Crippen LogP contribution in [0.4, 0.5) is 4.79 Å². The van der Waals surface area contributed by atoms with Gasteiger partial charge >= 0.3 is 6.03 Å². The van der Waals surface area contributed by atoms with Crippen molar-refractivity contribution in [2.75, 3.05) is 25.4 Å². The molecule has 0 aliphatic carbocycles. The minimum Gasteiger partial charge on any atom is -0.493 e. The smallest absolute Gasteiger partial charge is 0.325 e. The number of amides is 4. The maximum absolute atomic E-state index is 13.1. The minimum absolute atomic E-state index is 0.300. The Bertz CT molecular complexity index is 937. The van der Waals surface area contributed by atoms with E-state index in [4.69, 9.17) is 4.74 Å². The molecule has 2 heterocycles. The third kappa shape index (κ3) is 3.80. The number of nitrogens with zero attached hydrogens (tertiary/aromatic N) is 1. The van der Waals surface area contributed by atoms with Gasteiger partial charge in [0.15, 0.2) is 5.54 Å². The monoisotopic (exact) mass is 411 g/mol. The zero-order valence-electron chi connectivity index (χ0n) is 15.7. The maximum atomic E-state index is 13.1. The number of urea groups is 1. The second-order valence-corrected chi connectivity index (χ2v) is 8.00. The topological polar surface area (TPSA) is 87.7 Å². The molecule has 1 spiro atoms. The van der Waals surface area contributed by atoms with Crippen molar-refractivity contribution in [2.24, 2.45) is 0 Å². The fourth-order valence-corrected chi connectivity index (χ4v) is 4.38. The van der Waals surface area contributed by atoms with Gasteiger partial charge in [0.05, 0.1) is 6.61 Å². The predicted molar refractivity (Wildman–Crippen MR) is 109 cm³/mol. The summed E-state index contributed by atoms with van der Waals surface area (Å²) < 4.78 is 5.61. The molecule has 29 heavy (non-hydrogen) atoms. The van der Waals surface area contributed by atoms with Gasteiger partial charge in [0.2, 0.25) is 5.91 Å². The zero-order valence-corrected chi connectivity index (χ0v) is 16.5. The van der Waals surface area contributed by atoms with Crippen LogP contribution in [0.15, 0.2) is 59.5 Å². The molecule has 7 nitrogen and oxygen atoms in total. The van der Waals surface area contributed by atoms with Crippen molar-refractivity contribution in [3.63, 3.8) is 0 Å². The van der Waals surface area contributed by atoms with Gasteiger partial charge in [0.25, 0.3) is 5.91 Å². The van der Waals surface area contributed by atoms with Crippen molar-refractivity contribution in [2.45, 2.75) is 16.9 Å². The van der Waals surface area contributed by atoms with E-state index < -0.39 is 17.5 Å². The Hall–Kier alpha value is -3.00. The number of thioether (sulfide) groups is 1. The van der Waals surface area contributed by atoms with Gasteiger partial charge < -0.3 is 15.4 Å². The molecule has 0 saturated carbocycles. The summed E-state index contributed by atoms with van der Waals surface area (Å²) in [6.07, 6.45) is 0.334. The van der Waals surface area contributed by atoms with E-state index in [9.17, 15) is 14.4 Å². The lowest BCUT2D eigenvalue weighted by Crippen LogP contribution is -2.48. The van der Waals surface area contributed by atoms with Crippen LogP contribution in [-0.2, 0) is 15.1 Å². The van der Waals surface area contributed by atoms with Crippen LogP contribution < -0.4 is 15.4 Å². The van der Waals surface area contributed by atoms with Crippen LogP contribution in [-0.4, -0.2) is 48.2 Å². The van der Waals surface area contributed by atoms with Crippen molar-refractivity contribution in [1.82, 2.24) is 15.5 Å². The molecule has 4 amide bonds. The summed E-state index contributed by atoms with van der Waals surface area (Å²) >= 11 is 1.63. The van der Waals surface area contributed by atoms with E-state index in [-0.39, 0.29) is 12.5 Å². The number of fused-ring (bicyclic) bond motifs is 2. The summed E-state index contributed by atoms with van der Waals surface area (Å²) in [7, 11) is 0. The van der Waals surface area contributed by atoms with Crippen molar-refractivity contribution < 1.29 is 19.1 Å². The first kappa shape index (κ1) is 19.3. The Kier molecular flexibility index (Phi) is 5.44. The summed E-state index contributed by atoms with van der Waals surface area (Å²) in [4.78, 5) is 40.0. The van der Waals surface area contributed by atoms with Crippen LogP contribution in [0.25, 0.3) is 0 Å². The number of rotatable bonds is 6. The highest BCUT2D eigenvalue weighted by molar-refractivity contribution is 7.99. The van der Waals surface area contributed by atoms with Crippen LogP contribution in [0.2, 0.25) is 0 Å². The molecule has 2 N–H and O–H groups in total. The van der Waals surface area contributed by atoms with E-state index in [0.717, 1.165) is 9.80 Å². The first-order valence-corrected chi connectivity index (χ1v) is 10.4. The number of nitrogens with one attached hydrogen (secondary N) is 2. The van der Waals surface area contributed by atoms with Gasteiger partial charge in [-0.05, 0) is 18.2 Å². The highest BCUT2D eigenvalue weighted by atomic mass is 32.2. The molecule has 1 atom stereocenters. The van der Waals surface area contributed by atoms with E-state index in [1.54, 1.807) is 30.0 Å². The lowest BCUT2D eigenvalue weighted by Gasteiger charge is -2.33. The normalized spacial score (nSPS) is 20.2. The minimum atomic E-state index is -1.16. The Morgan fingerprint density at radius 3 is 2.72 bits per heavy atom. The molecule has 0 bridgehead atoms. The van der Waals surface area contributed by atoms with Crippen LogP contribution in [0.5, 0.6) is 5.75 Å². The summed E-state index contributed by atoms with van der Waals surface area (Å²) in [5.41, 5.74) is -0.526. The lowest BCUT2D eigenvalue weighted by molar-refractivity contribution is -0.136. The summed E-state index contributed by atoms with van der Waals surface area (Å²) in [5, 5.41) is 5.57. The fourth-order valence-electron chi connectivity index (χ4n) is 3.59. The molecule has 2 aromatic carbocycles. The van der Waals surface area contributed by atoms with Crippen LogP contribution in [0.1, 0.15) is 12.0 Å². The van der Waals surface area contributed by atoms with Crippen LogP contribution >= 0.6 is 11.8 Å². The first-order chi connectivity index (χ1) is 14.1. The van der Waals surface area contributed by atoms with Gasteiger partial charge in [-0.1, -0.05) is 36.4 Å². The van der Waals surface area contributed by atoms with Crippen molar-refractivity contribution in [1.29, 1.82) is 0 Å². The molecule has 4 rings (SSSR count). The number of para-hydroxylation sites is 1. The Labute approximate surface area is 172 Å². The highest BCUT2D eigenvalue weighted by Gasteiger charge is 2.55. The van der Waals surface area contributed by atoms with Crippen LogP contribution in [0.3, 0.4) is 0 Å². The van der Waals surface area contributed by atoms with Gasteiger partial charge in [0, 0.05) is 29.2 Å². The van der Waals surface area contributed by atoms with Gasteiger partial charge in [-0.2, -0.15) is 0 Å². The molecule has 0 aromatic heterocycles. The third-order valence-electron chi connectivity index (χ3n) is 5.00. The van der Waals surface area contributed by atoms with Crippen molar-refractivity contribution >= 4 is 29.6 Å². The average Bonchev–Trinajstić information content (AvgIpc) is 2.97. The molecule has 0 radical (unpaired) electrons. The Balaban J connectivity index is 1.36. The SMILES string of the molecule is O=C(CN1C(=O)N[C@@]2(CCOc3ccccc32)C1=O)NCCSc1ccccc1. The number of hydrogen-bond acceptors (Lipinski definition) is 5. The molecule has 2 aliphatic heterocycles. The quantitative estimate of drug-likeness (QED) is 0.432. The summed E-state index contributed by atoms with van der Waals surface area (Å²) in [6, 6.07) is 16.5. The number of hydrogen-bond donors (Lipinski definition) is 2. The fraction of sp³-hybridized carbons (Fsp3) is 0.286. The largest absolute Gasteiger partial charge is 0.493 e. The first-order valence-electron chi connectivity index (χ1n) is 9.41. The summed E-state index contributed by atoms with van der Waals surface area (Å²) in [5.74, 6) is 0.508. The number of ether oxygens (including phenoxy) is 1. The Morgan fingerprint density at radius 1 is 1.14 bits per heavy atom. The summed E-state index contributed by atoms with van der Waals surface area (Å²) in [6.45, 7) is 0.467. The standard InChI is InChI=1S/C21H21N3O4S/c25-18(22-11-13-29-15-6-2-1-3-7-15)14-24-19(26)21(23-20(24)27)10-12-28-17-9-5-4-8-16(17)21/h1-9H,10-14H2,(H,22,25)(H,23,27)/t21-/m1/s1. The molecular formula is C21H21N3O4S. The molecule has 150 valence electrons. The van der Waals surface area contributed by atoms with E-state index in [1.807, 2.05) is 36.4 Å².